The van der Waals surface area contributed by atoms with Crippen molar-refractivity contribution in [2.75, 3.05) is 11.9 Å². The van der Waals surface area contributed by atoms with E-state index in [9.17, 15) is 24.0 Å². The van der Waals surface area contributed by atoms with Crippen molar-refractivity contribution < 1.29 is 24.0 Å². The highest BCUT2D eigenvalue weighted by atomic mass is 16.2. The summed E-state index contributed by atoms with van der Waals surface area (Å²) in [6.07, 6.45) is 1.91. The maximum Gasteiger partial charge on any atom is 0.289 e. The number of nitrogens with zero attached hydrogens (tertiary/aromatic N) is 1. The molecule has 1 aliphatic carbocycles. The number of ketones is 1. The summed E-state index contributed by atoms with van der Waals surface area (Å²) in [4.78, 5) is 72.1. The second-order valence-corrected chi connectivity index (χ2v) is 12.3. The van der Waals surface area contributed by atoms with E-state index in [1.54, 1.807) is 18.2 Å². The molecule has 0 bridgehead atoms. The number of hydrogen-bond donors (Lipinski definition) is 4. The number of aryl methyl sites for hydroxylation is 1. The van der Waals surface area contributed by atoms with Gasteiger partial charge in [0.25, 0.3) is 11.8 Å². The lowest BCUT2D eigenvalue weighted by molar-refractivity contribution is -0.145. The van der Waals surface area contributed by atoms with Crippen LogP contribution in [0.1, 0.15) is 61.1 Å². The molecule has 0 radical (unpaired) electrons. The SMILES string of the molecule is Cc1cccc2[nH]c(C(=O)N[C@@H](CC(C)C)C(=O)N3C[C@]4(C[C@H]3C(=O)C(=O)NC3CC3)C(=O)Nc3ccccc34)cc12. The number of Topliss-reactive ketones (excluding diaryl/α,β-unsaturated/α-hetero) is 1. The van der Waals surface area contributed by atoms with Gasteiger partial charge in [-0.25, -0.2) is 0 Å². The third kappa shape index (κ3) is 4.84. The fourth-order valence-electron chi connectivity index (χ4n) is 6.30. The number of carbonyl (C=O) groups is 5. The van der Waals surface area contributed by atoms with Gasteiger partial charge in [0.2, 0.25) is 17.6 Å². The van der Waals surface area contributed by atoms with Crippen LogP contribution >= 0.6 is 0 Å². The predicted octanol–water partition coefficient (Wildman–Crippen LogP) is 2.96. The normalized spacial score (nSPS) is 21.9. The monoisotopic (exact) mass is 569 g/mol. The Kier molecular flexibility index (Phi) is 6.87. The van der Waals surface area contributed by atoms with Crippen LogP contribution in [0.2, 0.25) is 0 Å². The van der Waals surface area contributed by atoms with Gasteiger partial charge in [0.15, 0.2) is 0 Å². The zero-order valence-corrected chi connectivity index (χ0v) is 24.0. The lowest BCUT2D eigenvalue weighted by Gasteiger charge is -2.29. The van der Waals surface area contributed by atoms with E-state index >= 15 is 0 Å². The van der Waals surface area contributed by atoms with Crippen molar-refractivity contribution in [3.05, 3.63) is 65.4 Å². The second kappa shape index (κ2) is 10.4. The topological polar surface area (TPSA) is 140 Å². The fourth-order valence-corrected chi connectivity index (χ4v) is 6.30. The largest absolute Gasteiger partial charge is 0.351 e. The summed E-state index contributed by atoms with van der Waals surface area (Å²) in [6.45, 7) is 5.77. The minimum atomic E-state index is -1.17. The summed E-state index contributed by atoms with van der Waals surface area (Å²) < 4.78 is 0. The van der Waals surface area contributed by atoms with Gasteiger partial charge in [0.1, 0.15) is 17.8 Å². The van der Waals surface area contributed by atoms with Crippen LogP contribution in [0.15, 0.2) is 48.5 Å². The summed E-state index contributed by atoms with van der Waals surface area (Å²) in [7, 11) is 0. The number of benzene rings is 2. The Labute approximate surface area is 243 Å². The molecule has 2 fully saturated rings. The number of carbonyl (C=O) groups excluding carboxylic acids is 5. The molecule has 1 aromatic heterocycles. The number of rotatable bonds is 8. The van der Waals surface area contributed by atoms with Gasteiger partial charge in [0, 0.05) is 29.2 Å². The van der Waals surface area contributed by atoms with Gasteiger partial charge in [-0.05, 0) is 67.9 Å². The van der Waals surface area contributed by atoms with Crippen molar-refractivity contribution in [3.8, 4) is 0 Å². The first kappa shape index (κ1) is 27.7. The molecule has 1 saturated heterocycles. The average molecular weight is 570 g/mol. The molecule has 3 heterocycles. The molecule has 4 amide bonds. The van der Waals surface area contributed by atoms with Crippen LogP contribution in [-0.4, -0.2) is 64.0 Å². The molecule has 42 heavy (non-hydrogen) atoms. The van der Waals surface area contributed by atoms with Crippen molar-refractivity contribution >= 4 is 46.0 Å². The third-order valence-electron chi connectivity index (χ3n) is 8.64. The van der Waals surface area contributed by atoms with Crippen molar-refractivity contribution in [3.63, 3.8) is 0 Å². The van der Waals surface area contributed by atoms with E-state index < -0.39 is 41.0 Å². The fraction of sp³-hybridized carbons (Fsp3) is 0.406. The predicted molar refractivity (Wildman–Crippen MR) is 157 cm³/mol. The number of anilines is 1. The van der Waals surface area contributed by atoms with Gasteiger partial charge in [-0.3, -0.25) is 24.0 Å². The van der Waals surface area contributed by atoms with E-state index in [-0.39, 0.29) is 30.8 Å². The molecular weight excluding hydrogens is 534 g/mol. The average Bonchev–Trinajstić information content (AvgIpc) is 3.40. The second-order valence-electron chi connectivity index (χ2n) is 12.3. The highest BCUT2D eigenvalue weighted by Crippen LogP contribution is 2.46. The van der Waals surface area contributed by atoms with E-state index in [4.69, 9.17) is 0 Å². The van der Waals surface area contributed by atoms with Gasteiger partial charge < -0.3 is 25.8 Å². The summed E-state index contributed by atoms with van der Waals surface area (Å²) in [6, 6.07) is 12.6. The minimum Gasteiger partial charge on any atom is -0.351 e. The molecule has 6 rings (SSSR count). The highest BCUT2D eigenvalue weighted by molar-refractivity contribution is 6.39. The number of aromatic nitrogens is 1. The summed E-state index contributed by atoms with van der Waals surface area (Å²) in [5, 5.41) is 9.42. The number of para-hydroxylation sites is 1. The minimum absolute atomic E-state index is 0.0118. The lowest BCUT2D eigenvalue weighted by Crippen LogP contribution is -2.54. The Balaban J connectivity index is 1.32. The van der Waals surface area contributed by atoms with Crippen LogP contribution in [-0.2, 0) is 24.6 Å². The molecule has 10 nitrogen and oxygen atoms in total. The molecule has 1 saturated carbocycles. The van der Waals surface area contributed by atoms with E-state index in [0.717, 1.165) is 29.3 Å². The van der Waals surface area contributed by atoms with Gasteiger partial charge in [0.05, 0.1) is 5.41 Å². The zero-order valence-electron chi connectivity index (χ0n) is 24.0. The molecule has 3 atom stereocenters. The molecule has 218 valence electrons. The summed E-state index contributed by atoms with van der Waals surface area (Å²) >= 11 is 0. The smallest absolute Gasteiger partial charge is 0.289 e. The van der Waals surface area contributed by atoms with E-state index in [0.29, 0.717) is 23.4 Å². The maximum atomic E-state index is 14.3. The zero-order chi connectivity index (χ0) is 29.8. The molecule has 1 spiro atoms. The van der Waals surface area contributed by atoms with Crippen LogP contribution in [0.5, 0.6) is 0 Å². The number of likely N-dealkylation sites (tertiary alicyclic amines) is 1. The Morgan fingerprint density at radius 1 is 1.07 bits per heavy atom. The van der Waals surface area contributed by atoms with Crippen molar-refractivity contribution in [2.24, 2.45) is 5.92 Å². The first-order valence-corrected chi connectivity index (χ1v) is 14.5. The molecule has 10 heteroatoms. The van der Waals surface area contributed by atoms with Crippen LogP contribution in [0.4, 0.5) is 5.69 Å². The van der Waals surface area contributed by atoms with Crippen molar-refractivity contribution in [2.45, 2.75) is 70.0 Å². The van der Waals surface area contributed by atoms with Gasteiger partial charge in [-0.15, -0.1) is 0 Å². The van der Waals surface area contributed by atoms with E-state index in [1.165, 1.54) is 4.90 Å². The van der Waals surface area contributed by atoms with Gasteiger partial charge >= 0.3 is 0 Å². The molecule has 0 unspecified atom stereocenters. The quantitative estimate of drug-likeness (QED) is 0.309. The summed E-state index contributed by atoms with van der Waals surface area (Å²) in [5.74, 6) is -2.71. The van der Waals surface area contributed by atoms with Crippen LogP contribution < -0.4 is 16.0 Å². The Hall–Kier alpha value is -4.47. The highest BCUT2D eigenvalue weighted by Gasteiger charge is 2.58. The molecular formula is C32H35N5O5. The molecule has 4 N–H and O–H groups in total. The summed E-state index contributed by atoms with van der Waals surface area (Å²) in [5.41, 5.74) is 2.30. The van der Waals surface area contributed by atoms with E-state index in [1.807, 2.05) is 51.1 Å². The standard InChI is InChI=1S/C32H35N5O5/c1-17(2)13-25(35-28(39)24-14-20-18(3)7-6-10-22(20)34-24)30(41)37-16-32(21-8-4-5-9-23(21)36-31(32)42)15-26(37)27(38)29(40)33-19-11-12-19/h4-10,14,17,19,25-26,34H,11-13,15-16H2,1-3H3,(H,33,40)(H,35,39)(H,36,42)/t25-,26-,32-/m0/s1. The lowest BCUT2D eigenvalue weighted by atomic mass is 9.79. The molecule has 3 aromatic rings. The van der Waals surface area contributed by atoms with Crippen LogP contribution in [0.3, 0.4) is 0 Å². The number of nitrogens with one attached hydrogen (secondary N) is 4. The van der Waals surface area contributed by atoms with E-state index in [2.05, 4.69) is 20.9 Å². The Bertz CT molecular complexity index is 1620. The number of aromatic amines is 1. The first-order chi connectivity index (χ1) is 20.1. The number of H-pyrrole nitrogens is 1. The molecule has 3 aliphatic rings. The molecule has 2 aliphatic heterocycles. The Morgan fingerprint density at radius 3 is 2.55 bits per heavy atom. The third-order valence-corrected chi connectivity index (χ3v) is 8.64. The molecule has 2 aromatic carbocycles. The van der Waals surface area contributed by atoms with Crippen LogP contribution in [0, 0.1) is 12.8 Å². The van der Waals surface area contributed by atoms with Crippen molar-refractivity contribution in [1.29, 1.82) is 0 Å². The number of fused-ring (bicyclic) bond motifs is 3. The van der Waals surface area contributed by atoms with Crippen LogP contribution in [0.25, 0.3) is 10.9 Å². The van der Waals surface area contributed by atoms with Crippen molar-refractivity contribution in [1.82, 2.24) is 20.5 Å². The van der Waals surface area contributed by atoms with Gasteiger partial charge in [-0.1, -0.05) is 44.2 Å². The van der Waals surface area contributed by atoms with Gasteiger partial charge in [-0.2, -0.15) is 0 Å². The number of hydrogen-bond acceptors (Lipinski definition) is 5. The first-order valence-electron chi connectivity index (χ1n) is 14.5. The maximum absolute atomic E-state index is 14.3. The number of amides is 4. The Morgan fingerprint density at radius 2 is 1.83 bits per heavy atom.